The summed E-state index contributed by atoms with van der Waals surface area (Å²) in [6.45, 7) is 0. The van der Waals surface area contributed by atoms with Gasteiger partial charge in [0, 0.05) is 18.8 Å². The molecule has 0 aliphatic rings. The summed E-state index contributed by atoms with van der Waals surface area (Å²) in [6, 6.07) is 6.02. The lowest BCUT2D eigenvalue weighted by atomic mass is 10.1. The van der Waals surface area contributed by atoms with E-state index in [1.165, 1.54) is 24.5 Å². The molecule has 0 spiro atoms. The first-order valence-corrected chi connectivity index (χ1v) is 4.53. The molecule has 4 heteroatoms. The maximum Gasteiger partial charge on any atom is 0.269 e. The van der Waals surface area contributed by atoms with Crippen molar-refractivity contribution in [2.75, 3.05) is 0 Å². The van der Waals surface area contributed by atoms with Gasteiger partial charge in [0.15, 0.2) is 0 Å². The number of hydrogen-bond donors (Lipinski definition) is 1. The summed E-state index contributed by atoms with van der Waals surface area (Å²) in [4.78, 5) is 17.8. The highest BCUT2D eigenvalue weighted by Crippen LogP contribution is 2.05. The van der Waals surface area contributed by atoms with Crippen molar-refractivity contribution in [1.82, 2.24) is 9.97 Å². The molecule has 1 aromatic heterocycles. The molecule has 76 valence electrons. The molecular weight excluding hydrogens is 195 g/mol. The number of H-pyrrole nitrogens is 1. The van der Waals surface area contributed by atoms with Crippen LogP contribution in [0.25, 0.3) is 0 Å². The standard InChI is InChI=1S/C11H9FN2O/c12-9-3-1-8(2-4-9)7-10-11(15)14-6-5-13-10/h1-6H,7H2,(H,14,15). The van der Waals surface area contributed by atoms with E-state index >= 15 is 0 Å². The lowest BCUT2D eigenvalue weighted by molar-refractivity contribution is 0.627. The lowest BCUT2D eigenvalue weighted by Gasteiger charge is -1.99. The summed E-state index contributed by atoms with van der Waals surface area (Å²) in [5.74, 6) is -0.284. The van der Waals surface area contributed by atoms with Crippen LogP contribution in [-0.4, -0.2) is 9.97 Å². The fourth-order valence-corrected chi connectivity index (χ4v) is 1.30. The summed E-state index contributed by atoms with van der Waals surface area (Å²) < 4.78 is 12.6. The first-order chi connectivity index (χ1) is 7.25. The SMILES string of the molecule is O=c1[nH]ccnc1Cc1ccc(F)cc1. The average molecular weight is 204 g/mol. The molecule has 0 saturated carbocycles. The van der Waals surface area contributed by atoms with E-state index in [2.05, 4.69) is 9.97 Å². The van der Waals surface area contributed by atoms with Crippen LogP contribution < -0.4 is 5.56 Å². The fraction of sp³-hybridized carbons (Fsp3) is 0.0909. The van der Waals surface area contributed by atoms with Crippen molar-refractivity contribution in [3.63, 3.8) is 0 Å². The van der Waals surface area contributed by atoms with Crippen LogP contribution in [0, 0.1) is 5.82 Å². The lowest BCUT2D eigenvalue weighted by Crippen LogP contribution is -2.13. The van der Waals surface area contributed by atoms with Gasteiger partial charge in [-0.15, -0.1) is 0 Å². The average Bonchev–Trinajstić information content (AvgIpc) is 2.25. The van der Waals surface area contributed by atoms with Gasteiger partial charge in [-0.05, 0) is 17.7 Å². The highest BCUT2D eigenvalue weighted by atomic mass is 19.1. The number of nitrogens with zero attached hydrogens (tertiary/aromatic N) is 1. The Morgan fingerprint density at radius 1 is 1.27 bits per heavy atom. The summed E-state index contributed by atoms with van der Waals surface area (Å²) in [5.41, 5.74) is 1.09. The minimum atomic E-state index is -0.284. The maximum absolute atomic E-state index is 12.6. The van der Waals surface area contributed by atoms with Crippen LogP contribution in [0.15, 0.2) is 41.5 Å². The van der Waals surface area contributed by atoms with E-state index in [-0.39, 0.29) is 11.4 Å². The predicted molar refractivity (Wildman–Crippen MR) is 54.1 cm³/mol. The third kappa shape index (κ3) is 2.28. The van der Waals surface area contributed by atoms with E-state index in [0.717, 1.165) is 5.56 Å². The number of rotatable bonds is 2. The molecule has 0 bridgehead atoms. The van der Waals surface area contributed by atoms with Crippen molar-refractivity contribution in [3.05, 3.63) is 64.1 Å². The van der Waals surface area contributed by atoms with E-state index < -0.39 is 0 Å². The molecule has 2 rings (SSSR count). The minimum Gasteiger partial charge on any atom is -0.326 e. The van der Waals surface area contributed by atoms with Gasteiger partial charge in [0.25, 0.3) is 5.56 Å². The monoisotopic (exact) mass is 204 g/mol. The Kier molecular flexibility index (Phi) is 2.58. The van der Waals surface area contributed by atoms with E-state index in [9.17, 15) is 9.18 Å². The van der Waals surface area contributed by atoms with Crippen LogP contribution in [0.1, 0.15) is 11.3 Å². The second kappa shape index (κ2) is 4.04. The van der Waals surface area contributed by atoms with Gasteiger partial charge in [0.05, 0.1) is 0 Å². The van der Waals surface area contributed by atoms with E-state index in [0.29, 0.717) is 12.1 Å². The summed E-state index contributed by atoms with van der Waals surface area (Å²) in [5, 5.41) is 0. The smallest absolute Gasteiger partial charge is 0.269 e. The quantitative estimate of drug-likeness (QED) is 0.805. The molecule has 0 amide bonds. The summed E-state index contributed by atoms with van der Waals surface area (Å²) in [7, 11) is 0. The number of aromatic amines is 1. The van der Waals surface area contributed by atoms with Crippen molar-refractivity contribution < 1.29 is 4.39 Å². The number of benzene rings is 1. The predicted octanol–water partition coefficient (Wildman–Crippen LogP) is 1.50. The Morgan fingerprint density at radius 3 is 2.67 bits per heavy atom. The molecule has 0 unspecified atom stereocenters. The molecule has 0 aliphatic carbocycles. The molecule has 2 aromatic rings. The molecule has 15 heavy (non-hydrogen) atoms. The maximum atomic E-state index is 12.6. The van der Waals surface area contributed by atoms with Crippen molar-refractivity contribution >= 4 is 0 Å². The van der Waals surface area contributed by atoms with E-state index in [1.807, 2.05) is 0 Å². The Hall–Kier alpha value is -1.97. The first kappa shape index (κ1) is 9.58. The molecule has 0 fully saturated rings. The van der Waals surface area contributed by atoms with Gasteiger partial charge in [-0.25, -0.2) is 4.39 Å². The van der Waals surface area contributed by atoms with Crippen molar-refractivity contribution in [2.45, 2.75) is 6.42 Å². The van der Waals surface area contributed by atoms with Gasteiger partial charge >= 0.3 is 0 Å². The van der Waals surface area contributed by atoms with Crippen LogP contribution >= 0.6 is 0 Å². The zero-order chi connectivity index (χ0) is 10.7. The minimum absolute atomic E-state index is 0.207. The van der Waals surface area contributed by atoms with E-state index in [1.54, 1.807) is 12.1 Å². The zero-order valence-corrected chi connectivity index (χ0v) is 7.90. The van der Waals surface area contributed by atoms with Crippen LogP contribution in [0.5, 0.6) is 0 Å². The van der Waals surface area contributed by atoms with Crippen LogP contribution in [0.2, 0.25) is 0 Å². The number of aromatic nitrogens is 2. The van der Waals surface area contributed by atoms with Gasteiger partial charge in [0.2, 0.25) is 0 Å². The topological polar surface area (TPSA) is 45.8 Å². The molecule has 1 N–H and O–H groups in total. The summed E-state index contributed by atoms with van der Waals surface area (Å²) in [6.07, 6.45) is 3.42. The third-order valence-corrected chi connectivity index (χ3v) is 2.07. The Morgan fingerprint density at radius 2 is 2.00 bits per heavy atom. The molecule has 1 aromatic carbocycles. The molecule has 0 atom stereocenters. The molecule has 1 heterocycles. The largest absolute Gasteiger partial charge is 0.326 e. The Labute approximate surface area is 85.6 Å². The van der Waals surface area contributed by atoms with Gasteiger partial charge in [-0.3, -0.25) is 9.78 Å². The van der Waals surface area contributed by atoms with Crippen molar-refractivity contribution in [2.24, 2.45) is 0 Å². The highest BCUT2D eigenvalue weighted by Gasteiger charge is 2.01. The summed E-state index contributed by atoms with van der Waals surface area (Å²) >= 11 is 0. The van der Waals surface area contributed by atoms with Crippen LogP contribution in [0.3, 0.4) is 0 Å². The second-order valence-corrected chi connectivity index (χ2v) is 3.17. The van der Waals surface area contributed by atoms with Gasteiger partial charge in [0.1, 0.15) is 11.5 Å². The van der Waals surface area contributed by atoms with Crippen molar-refractivity contribution in [3.8, 4) is 0 Å². The molecule has 0 saturated heterocycles. The molecule has 3 nitrogen and oxygen atoms in total. The van der Waals surface area contributed by atoms with Crippen LogP contribution in [0.4, 0.5) is 4.39 Å². The van der Waals surface area contributed by atoms with Gasteiger partial charge in [-0.1, -0.05) is 12.1 Å². The fourth-order valence-electron chi connectivity index (χ4n) is 1.30. The van der Waals surface area contributed by atoms with Crippen LogP contribution in [-0.2, 0) is 6.42 Å². The zero-order valence-electron chi connectivity index (χ0n) is 7.90. The second-order valence-electron chi connectivity index (χ2n) is 3.17. The third-order valence-electron chi connectivity index (χ3n) is 2.07. The van der Waals surface area contributed by atoms with Crippen molar-refractivity contribution in [1.29, 1.82) is 0 Å². The molecule has 0 radical (unpaired) electrons. The number of nitrogens with one attached hydrogen (secondary N) is 1. The number of hydrogen-bond acceptors (Lipinski definition) is 2. The Bertz CT molecular complexity index is 504. The molecular formula is C11H9FN2O. The van der Waals surface area contributed by atoms with E-state index in [4.69, 9.17) is 0 Å². The highest BCUT2D eigenvalue weighted by molar-refractivity contribution is 5.20. The van der Waals surface area contributed by atoms with Gasteiger partial charge in [-0.2, -0.15) is 0 Å². The van der Waals surface area contributed by atoms with Gasteiger partial charge < -0.3 is 4.98 Å². The molecule has 0 aliphatic heterocycles. The number of halogens is 1. The Balaban J connectivity index is 2.26. The first-order valence-electron chi connectivity index (χ1n) is 4.53. The normalized spacial score (nSPS) is 10.2.